The molecular weight excluding hydrogens is 264 g/mol. The Balaban J connectivity index is 1.87. The van der Waals surface area contributed by atoms with Gasteiger partial charge in [-0.2, -0.15) is 0 Å². The zero-order valence-electron chi connectivity index (χ0n) is 13.9. The van der Waals surface area contributed by atoms with Gasteiger partial charge in [0.1, 0.15) is 6.10 Å². The number of nitrogens with zero attached hydrogens (tertiary/aromatic N) is 1. The molecule has 0 aromatic heterocycles. The summed E-state index contributed by atoms with van der Waals surface area (Å²) in [6.45, 7) is 7.71. The topological polar surface area (TPSA) is 55.6 Å². The van der Waals surface area contributed by atoms with Crippen molar-refractivity contribution in [2.45, 2.75) is 84.0 Å². The minimum Gasteiger partial charge on any atom is -0.365 e. The zero-order valence-corrected chi connectivity index (χ0v) is 13.9. The fourth-order valence-electron chi connectivity index (χ4n) is 3.54. The predicted octanol–water partition coefficient (Wildman–Crippen LogP) is 2.70. The highest BCUT2D eigenvalue weighted by atomic mass is 16.5. The van der Waals surface area contributed by atoms with E-state index in [0.717, 1.165) is 32.4 Å². The van der Waals surface area contributed by atoms with Crippen molar-refractivity contribution < 1.29 is 9.53 Å². The standard InChI is InChI=1S/C17H32N2O2/c1-13(21-14-8-6-4-5-7-9-14)16(20)19-11-10-15(18)17(2,3)12-19/h13-15H,4-12,18H2,1-3H3. The maximum atomic E-state index is 12.6. The number of nitrogens with two attached hydrogens (primary N) is 1. The van der Waals surface area contributed by atoms with Gasteiger partial charge in [-0.1, -0.05) is 39.5 Å². The molecule has 2 fully saturated rings. The second kappa shape index (κ2) is 7.10. The Kier molecular flexibility index (Phi) is 5.67. The SMILES string of the molecule is CC(OC1CCCCCC1)C(=O)N1CCC(N)C(C)(C)C1. The molecule has 0 aromatic carbocycles. The zero-order chi connectivity index (χ0) is 15.5. The lowest BCUT2D eigenvalue weighted by molar-refractivity contribution is -0.150. The lowest BCUT2D eigenvalue weighted by Crippen LogP contribution is -2.55. The first kappa shape index (κ1) is 16.8. The van der Waals surface area contributed by atoms with Crippen LogP contribution in [-0.4, -0.2) is 42.1 Å². The summed E-state index contributed by atoms with van der Waals surface area (Å²) in [5, 5.41) is 0. The van der Waals surface area contributed by atoms with Gasteiger partial charge in [0.15, 0.2) is 0 Å². The van der Waals surface area contributed by atoms with Gasteiger partial charge >= 0.3 is 0 Å². The van der Waals surface area contributed by atoms with E-state index in [9.17, 15) is 4.79 Å². The number of rotatable bonds is 3. The molecule has 1 heterocycles. The molecule has 1 saturated carbocycles. The Morgan fingerprint density at radius 1 is 1.19 bits per heavy atom. The third kappa shape index (κ3) is 4.43. The molecule has 4 heteroatoms. The number of ether oxygens (including phenoxy) is 1. The van der Waals surface area contributed by atoms with Gasteiger partial charge < -0.3 is 15.4 Å². The van der Waals surface area contributed by atoms with Crippen LogP contribution in [0.15, 0.2) is 0 Å². The van der Waals surface area contributed by atoms with Gasteiger partial charge in [0.25, 0.3) is 5.91 Å². The van der Waals surface area contributed by atoms with E-state index in [4.69, 9.17) is 10.5 Å². The summed E-state index contributed by atoms with van der Waals surface area (Å²) in [5.41, 5.74) is 6.14. The van der Waals surface area contributed by atoms with Crippen molar-refractivity contribution in [3.63, 3.8) is 0 Å². The summed E-state index contributed by atoms with van der Waals surface area (Å²) in [4.78, 5) is 14.6. The molecule has 2 atom stereocenters. The van der Waals surface area contributed by atoms with Gasteiger partial charge in [-0.3, -0.25) is 4.79 Å². The Morgan fingerprint density at radius 2 is 1.81 bits per heavy atom. The van der Waals surface area contributed by atoms with Crippen molar-refractivity contribution in [3.05, 3.63) is 0 Å². The maximum Gasteiger partial charge on any atom is 0.251 e. The number of piperidine rings is 1. The molecule has 0 radical (unpaired) electrons. The average Bonchev–Trinajstić information content (AvgIpc) is 2.69. The Bertz CT molecular complexity index is 349. The minimum absolute atomic E-state index is 0.00402. The van der Waals surface area contributed by atoms with Crippen LogP contribution in [0.2, 0.25) is 0 Å². The van der Waals surface area contributed by atoms with Crippen LogP contribution in [0.25, 0.3) is 0 Å². The molecule has 21 heavy (non-hydrogen) atoms. The molecule has 2 N–H and O–H groups in total. The Hall–Kier alpha value is -0.610. The van der Waals surface area contributed by atoms with Crippen molar-refractivity contribution in [2.75, 3.05) is 13.1 Å². The highest BCUT2D eigenvalue weighted by Gasteiger charge is 2.37. The quantitative estimate of drug-likeness (QED) is 0.815. The van der Waals surface area contributed by atoms with Crippen LogP contribution in [0.1, 0.15) is 65.7 Å². The number of carbonyl (C=O) groups is 1. The molecule has 2 aliphatic rings. The number of likely N-dealkylation sites (tertiary alicyclic amines) is 1. The molecule has 2 unspecified atom stereocenters. The van der Waals surface area contributed by atoms with Crippen LogP contribution in [-0.2, 0) is 9.53 Å². The fraction of sp³-hybridized carbons (Fsp3) is 0.941. The molecule has 0 aromatic rings. The van der Waals surface area contributed by atoms with Crippen molar-refractivity contribution in [3.8, 4) is 0 Å². The molecule has 1 saturated heterocycles. The fourth-order valence-corrected chi connectivity index (χ4v) is 3.54. The molecule has 1 amide bonds. The molecule has 4 nitrogen and oxygen atoms in total. The van der Waals surface area contributed by atoms with Crippen LogP contribution < -0.4 is 5.73 Å². The second-order valence-corrected chi connectivity index (χ2v) is 7.54. The normalized spacial score (nSPS) is 29.0. The Morgan fingerprint density at radius 3 is 2.38 bits per heavy atom. The highest BCUT2D eigenvalue weighted by Crippen LogP contribution is 2.28. The largest absolute Gasteiger partial charge is 0.365 e. The monoisotopic (exact) mass is 296 g/mol. The van der Waals surface area contributed by atoms with Crippen LogP contribution in [0.3, 0.4) is 0 Å². The average molecular weight is 296 g/mol. The summed E-state index contributed by atoms with van der Waals surface area (Å²) in [6.07, 6.45) is 8.12. The molecule has 1 aliphatic carbocycles. The van der Waals surface area contributed by atoms with E-state index >= 15 is 0 Å². The lowest BCUT2D eigenvalue weighted by Gasteiger charge is -2.43. The molecule has 1 aliphatic heterocycles. The van der Waals surface area contributed by atoms with E-state index < -0.39 is 0 Å². The van der Waals surface area contributed by atoms with E-state index in [1.165, 1.54) is 25.7 Å². The van der Waals surface area contributed by atoms with E-state index in [2.05, 4.69) is 13.8 Å². The third-order valence-electron chi connectivity index (χ3n) is 5.17. The molecule has 0 spiro atoms. The van der Waals surface area contributed by atoms with E-state index in [1.807, 2.05) is 11.8 Å². The highest BCUT2D eigenvalue weighted by molar-refractivity contribution is 5.80. The van der Waals surface area contributed by atoms with Gasteiger partial charge in [0, 0.05) is 19.1 Å². The number of amides is 1. The van der Waals surface area contributed by atoms with Crippen molar-refractivity contribution in [2.24, 2.45) is 11.1 Å². The van der Waals surface area contributed by atoms with E-state index in [1.54, 1.807) is 0 Å². The minimum atomic E-state index is -0.321. The van der Waals surface area contributed by atoms with Gasteiger partial charge in [-0.25, -0.2) is 0 Å². The molecular formula is C17H32N2O2. The summed E-state index contributed by atoms with van der Waals surface area (Å²) >= 11 is 0. The second-order valence-electron chi connectivity index (χ2n) is 7.54. The third-order valence-corrected chi connectivity index (χ3v) is 5.17. The first-order valence-corrected chi connectivity index (χ1v) is 8.60. The number of carbonyl (C=O) groups excluding carboxylic acids is 1. The van der Waals surface area contributed by atoms with Crippen molar-refractivity contribution in [1.82, 2.24) is 4.90 Å². The molecule has 2 rings (SSSR count). The maximum absolute atomic E-state index is 12.6. The van der Waals surface area contributed by atoms with Gasteiger partial charge in [-0.05, 0) is 31.6 Å². The predicted molar refractivity (Wildman–Crippen MR) is 85.0 cm³/mol. The smallest absolute Gasteiger partial charge is 0.251 e. The summed E-state index contributed by atoms with van der Waals surface area (Å²) < 4.78 is 6.06. The van der Waals surface area contributed by atoms with Crippen molar-refractivity contribution in [1.29, 1.82) is 0 Å². The lowest BCUT2D eigenvalue weighted by atomic mass is 9.79. The summed E-state index contributed by atoms with van der Waals surface area (Å²) in [6, 6.07) is 0.180. The summed E-state index contributed by atoms with van der Waals surface area (Å²) in [7, 11) is 0. The van der Waals surface area contributed by atoms with E-state index in [-0.39, 0.29) is 29.6 Å². The van der Waals surface area contributed by atoms with Gasteiger partial charge in [-0.15, -0.1) is 0 Å². The molecule has 122 valence electrons. The van der Waals surface area contributed by atoms with Gasteiger partial charge in [0.05, 0.1) is 6.10 Å². The number of hydrogen-bond acceptors (Lipinski definition) is 3. The van der Waals surface area contributed by atoms with Gasteiger partial charge in [0.2, 0.25) is 0 Å². The van der Waals surface area contributed by atoms with Crippen LogP contribution in [0, 0.1) is 5.41 Å². The first-order valence-electron chi connectivity index (χ1n) is 8.60. The van der Waals surface area contributed by atoms with Crippen LogP contribution in [0.5, 0.6) is 0 Å². The number of hydrogen-bond donors (Lipinski definition) is 1. The van der Waals surface area contributed by atoms with Crippen LogP contribution >= 0.6 is 0 Å². The summed E-state index contributed by atoms with van der Waals surface area (Å²) in [5.74, 6) is 0.138. The first-order chi connectivity index (χ1) is 9.90. The molecule has 0 bridgehead atoms. The van der Waals surface area contributed by atoms with E-state index in [0.29, 0.717) is 0 Å². The van der Waals surface area contributed by atoms with Crippen molar-refractivity contribution >= 4 is 5.91 Å². The Labute approximate surface area is 129 Å². The van der Waals surface area contributed by atoms with Crippen LogP contribution in [0.4, 0.5) is 0 Å².